The van der Waals surface area contributed by atoms with Gasteiger partial charge in [0, 0.05) is 5.69 Å². The molecule has 1 atom stereocenters. The van der Waals surface area contributed by atoms with E-state index >= 15 is 0 Å². The van der Waals surface area contributed by atoms with Gasteiger partial charge >= 0.3 is 0 Å². The molecule has 0 aliphatic carbocycles. The van der Waals surface area contributed by atoms with E-state index in [0.717, 1.165) is 36.4 Å². The zero-order valence-electron chi connectivity index (χ0n) is 15.0. The van der Waals surface area contributed by atoms with Crippen LogP contribution in [0.15, 0.2) is 48.5 Å². The highest BCUT2D eigenvalue weighted by Crippen LogP contribution is 2.34. The summed E-state index contributed by atoms with van der Waals surface area (Å²) < 4.78 is 5.79. The molecule has 25 heavy (non-hydrogen) atoms. The van der Waals surface area contributed by atoms with E-state index in [9.17, 15) is 4.79 Å². The third-order valence-corrected chi connectivity index (χ3v) is 4.74. The number of amides is 1. The van der Waals surface area contributed by atoms with Crippen molar-refractivity contribution >= 4 is 11.6 Å². The maximum Gasteiger partial charge on any atom is 0.255 e. The Hall–Kier alpha value is -2.49. The number of para-hydroxylation sites is 1. The molecule has 0 aromatic heterocycles. The largest absolute Gasteiger partial charge is 0.494 e. The third kappa shape index (κ3) is 3.63. The zero-order valence-corrected chi connectivity index (χ0v) is 15.0. The van der Waals surface area contributed by atoms with E-state index in [1.54, 1.807) is 0 Å². The van der Waals surface area contributed by atoms with Crippen molar-refractivity contribution in [3.05, 3.63) is 59.7 Å². The van der Waals surface area contributed by atoms with Crippen LogP contribution in [0.3, 0.4) is 0 Å². The first-order valence-corrected chi connectivity index (χ1v) is 9.11. The Morgan fingerprint density at radius 1 is 0.960 bits per heavy atom. The smallest absolute Gasteiger partial charge is 0.255 e. The maximum atomic E-state index is 12.5. The average Bonchev–Trinajstić information content (AvgIpc) is 2.65. The monoisotopic (exact) mass is 338 g/mol. The fourth-order valence-corrected chi connectivity index (χ4v) is 3.22. The van der Waals surface area contributed by atoms with Crippen molar-refractivity contribution in [3.63, 3.8) is 0 Å². The summed E-state index contributed by atoms with van der Waals surface area (Å²) in [4.78, 5) is 12.5. The van der Waals surface area contributed by atoms with Crippen molar-refractivity contribution in [2.24, 2.45) is 0 Å². The number of anilines is 1. The summed E-state index contributed by atoms with van der Waals surface area (Å²) >= 11 is 0. The van der Waals surface area contributed by atoms with Gasteiger partial charge < -0.3 is 15.4 Å². The molecule has 0 saturated carbocycles. The van der Waals surface area contributed by atoms with E-state index in [1.807, 2.05) is 48.5 Å². The first kappa shape index (κ1) is 17.3. The van der Waals surface area contributed by atoms with E-state index in [4.69, 9.17) is 4.74 Å². The van der Waals surface area contributed by atoms with Crippen LogP contribution in [0.2, 0.25) is 0 Å². The molecule has 4 heteroatoms. The minimum absolute atomic E-state index is 0.0453. The highest BCUT2D eigenvalue weighted by Gasteiger charge is 2.37. The number of fused-ring (bicyclic) bond motifs is 1. The number of rotatable bonds is 7. The normalized spacial score (nSPS) is 18.9. The van der Waals surface area contributed by atoms with Gasteiger partial charge in [-0.1, -0.05) is 51.0 Å². The summed E-state index contributed by atoms with van der Waals surface area (Å²) in [5, 5.41) is 6.65. The predicted molar refractivity (Wildman–Crippen MR) is 101 cm³/mol. The zero-order chi connectivity index (χ0) is 17.7. The van der Waals surface area contributed by atoms with Gasteiger partial charge in [-0.05, 0) is 42.7 Å². The number of carbonyl (C=O) groups is 1. The lowest BCUT2D eigenvalue weighted by Crippen LogP contribution is -2.54. The van der Waals surface area contributed by atoms with Gasteiger partial charge in [0.15, 0.2) is 0 Å². The van der Waals surface area contributed by atoms with Crippen LogP contribution < -0.4 is 15.4 Å². The molecule has 4 nitrogen and oxygen atoms in total. The van der Waals surface area contributed by atoms with Crippen LogP contribution >= 0.6 is 0 Å². The number of carbonyl (C=O) groups excluding carboxylic acids is 1. The molecule has 0 spiro atoms. The van der Waals surface area contributed by atoms with Crippen molar-refractivity contribution in [3.8, 4) is 5.75 Å². The Balaban J connectivity index is 1.78. The van der Waals surface area contributed by atoms with Gasteiger partial charge in [0.25, 0.3) is 5.91 Å². The second kappa shape index (κ2) is 7.60. The molecule has 132 valence electrons. The van der Waals surface area contributed by atoms with Gasteiger partial charge in [0.2, 0.25) is 0 Å². The van der Waals surface area contributed by atoms with Crippen LogP contribution in [-0.4, -0.2) is 12.5 Å². The molecule has 3 rings (SSSR count). The molecule has 2 aromatic carbocycles. The molecule has 2 aromatic rings. The van der Waals surface area contributed by atoms with E-state index in [1.165, 1.54) is 12.8 Å². The number of hydrogen-bond donors (Lipinski definition) is 2. The molecule has 1 aliphatic heterocycles. The van der Waals surface area contributed by atoms with Crippen molar-refractivity contribution in [1.82, 2.24) is 5.32 Å². The average molecular weight is 338 g/mol. The van der Waals surface area contributed by atoms with Crippen LogP contribution in [0.4, 0.5) is 5.69 Å². The minimum Gasteiger partial charge on any atom is -0.494 e. The Morgan fingerprint density at radius 2 is 1.72 bits per heavy atom. The molecule has 1 heterocycles. The molecular weight excluding hydrogens is 312 g/mol. The molecule has 0 saturated heterocycles. The van der Waals surface area contributed by atoms with Gasteiger partial charge in [-0.2, -0.15) is 0 Å². The first-order valence-electron chi connectivity index (χ1n) is 9.11. The van der Waals surface area contributed by atoms with Gasteiger partial charge in [-0.25, -0.2) is 0 Å². The van der Waals surface area contributed by atoms with Gasteiger partial charge in [-0.3, -0.25) is 4.79 Å². The fourth-order valence-electron chi connectivity index (χ4n) is 3.22. The van der Waals surface area contributed by atoms with E-state index < -0.39 is 5.66 Å². The molecule has 1 unspecified atom stereocenters. The van der Waals surface area contributed by atoms with E-state index in [2.05, 4.69) is 24.5 Å². The summed E-state index contributed by atoms with van der Waals surface area (Å²) in [5.74, 6) is 0.824. The summed E-state index contributed by atoms with van der Waals surface area (Å²) in [7, 11) is 0. The first-order chi connectivity index (χ1) is 12.2. The molecule has 1 amide bonds. The predicted octanol–water partition coefficient (Wildman–Crippen LogP) is 4.67. The highest BCUT2D eigenvalue weighted by molar-refractivity contribution is 6.02. The van der Waals surface area contributed by atoms with Crippen LogP contribution in [0.1, 0.15) is 55.5 Å². The minimum atomic E-state index is -0.591. The lowest BCUT2D eigenvalue weighted by atomic mass is 9.92. The molecule has 0 bridgehead atoms. The number of hydrogen-bond acceptors (Lipinski definition) is 3. The summed E-state index contributed by atoms with van der Waals surface area (Å²) in [6.07, 6.45) is 4.19. The van der Waals surface area contributed by atoms with Gasteiger partial charge in [0.05, 0.1) is 12.2 Å². The Bertz CT molecular complexity index is 727. The lowest BCUT2D eigenvalue weighted by molar-refractivity contribution is 0.0896. The second-order valence-electron chi connectivity index (χ2n) is 6.46. The van der Waals surface area contributed by atoms with Gasteiger partial charge in [0.1, 0.15) is 11.4 Å². The van der Waals surface area contributed by atoms with Crippen molar-refractivity contribution in [2.45, 2.75) is 45.2 Å². The SMILES string of the molecule is CCCCCOc1ccc(C2(CC)NC(=O)c3ccccc3N2)cc1. The van der Waals surface area contributed by atoms with Crippen LogP contribution in [0.5, 0.6) is 5.75 Å². The molecule has 0 fully saturated rings. The molecule has 2 N–H and O–H groups in total. The number of benzene rings is 2. The van der Waals surface area contributed by atoms with Crippen molar-refractivity contribution in [2.75, 3.05) is 11.9 Å². The van der Waals surface area contributed by atoms with E-state index in [0.29, 0.717) is 5.56 Å². The fraction of sp³-hybridized carbons (Fsp3) is 0.381. The molecule has 1 aliphatic rings. The maximum absolute atomic E-state index is 12.5. The topological polar surface area (TPSA) is 50.4 Å². The number of unbranched alkanes of at least 4 members (excludes halogenated alkanes) is 2. The summed E-state index contributed by atoms with van der Waals surface area (Å²) in [6, 6.07) is 15.6. The van der Waals surface area contributed by atoms with Crippen molar-refractivity contribution in [1.29, 1.82) is 0 Å². The van der Waals surface area contributed by atoms with Crippen molar-refractivity contribution < 1.29 is 9.53 Å². The van der Waals surface area contributed by atoms with Crippen LogP contribution in [0.25, 0.3) is 0 Å². The number of nitrogens with one attached hydrogen (secondary N) is 2. The van der Waals surface area contributed by atoms with E-state index in [-0.39, 0.29) is 5.91 Å². The number of ether oxygens (including phenoxy) is 1. The lowest BCUT2D eigenvalue weighted by Gasteiger charge is -2.40. The molecular formula is C21H26N2O2. The highest BCUT2D eigenvalue weighted by atomic mass is 16.5. The van der Waals surface area contributed by atoms with Crippen LogP contribution in [-0.2, 0) is 5.66 Å². The molecule has 0 radical (unpaired) electrons. The van der Waals surface area contributed by atoms with Crippen LogP contribution in [0, 0.1) is 0 Å². The second-order valence-corrected chi connectivity index (χ2v) is 6.46. The summed E-state index contributed by atoms with van der Waals surface area (Å²) in [6.45, 7) is 4.99. The Labute approximate surface area is 149 Å². The van der Waals surface area contributed by atoms with Gasteiger partial charge in [-0.15, -0.1) is 0 Å². The Kier molecular flexibility index (Phi) is 5.27. The quantitative estimate of drug-likeness (QED) is 0.721. The third-order valence-electron chi connectivity index (χ3n) is 4.74. The standard InChI is InChI=1S/C21H26N2O2/c1-3-5-8-15-25-17-13-11-16(12-14-17)21(4-2)22-19-10-7-6-9-18(19)20(24)23-21/h6-7,9-14,22H,3-5,8,15H2,1-2H3,(H,23,24). The Morgan fingerprint density at radius 3 is 2.44 bits per heavy atom. The summed E-state index contributed by atoms with van der Waals surface area (Å²) in [5.41, 5.74) is 1.99.